The Morgan fingerprint density at radius 2 is 0.884 bits per heavy atom. The Kier molecular flexibility index (Phi) is 38.8. The van der Waals surface area contributed by atoms with Gasteiger partial charge in [-0.3, -0.25) is 43.2 Å². The molecule has 644 valence electrons. The van der Waals surface area contributed by atoms with Crippen LogP contribution >= 0.6 is 23.2 Å². The lowest BCUT2D eigenvalue weighted by Crippen LogP contribution is -2.46. The number of carbonyl (C=O) groups is 12. The summed E-state index contributed by atoms with van der Waals surface area (Å²) in [5, 5.41) is 8.91. The third-order valence-corrected chi connectivity index (χ3v) is 21.1. The van der Waals surface area contributed by atoms with Gasteiger partial charge in [0, 0.05) is 106 Å². The van der Waals surface area contributed by atoms with Crippen molar-refractivity contribution >= 4 is 93.9 Å². The van der Waals surface area contributed by atoms with Crippen LogP contribution in [0.1, 0.15) is 140 Å². The normalized spacial score (nSPS) is 20.5. The van der Waals surface area contributed by atoms with E-state index in [1.807, 2.05) is 126 Å². The highest BCUT2D eigenvalue weighted by Gasteiger charge is 2.34. The molecule has 6 aromatic rings. The van der Waals surface area contributed by atoms with Crippen LogP contribution in [-0.2, 0) is 92.8 Å². The number of allylic oxidation sites excluding steroid dienone is 3. The number of hydrogen-bond donors (Lipinski definition) is 3. The van der Waals surface area contributed by atoms with Crippen LogP contribution in [0.15, 0.2) is 193 Å². The number of esters is 3. The molecule has 0 bridgehead atoms. The number of benzene rings is 6. The molecule has 1 fully saturated rings. The van der Waals surface area contributed by atoms with Crippen molar-refractivity contribution < 1.29 is 95.4 Å². The molecular formula is C93H108Cl2N6O20. The molecule has 6 aromatic carbocycles. The van der Waals surface area contributed by atoms with Gasteiger partial charge in [-0.05, 0) is 159 Å². The van der Waals surface area contributed by atoms with E-state index in [-0.39, 0.29) is 119 Å². The largest absolute Gasteiger partial charge is 0.497 e. The number of methoxy groups -OCH3 is 5. The van der Waals surface area contributed by atoms with Crippen LogP contribution in [-0.4, -0.2) is 185 Å². The highest BCUT2D eigenvalue weighted by molar-refractivity contribution is 6.31. The number of Topliss-reactive ketones (excluding diaryl/α,β-unsaturated/α-hetero) is 3. The van der Waals surface area contributed by atoms with Gasteiger partial charge in [-0.1, -0.05) is 140 Å². The Morgan fingerprint density at radius 3 is 1.33 bits per heavy atom. The van der Waals surface area contributed by atoms with E-state index in [0.29, 0.717) is 101 Å². The molecule has 1 saturated heterocycles. The fourth-order valence-corrected chi connectivity index (χ4v) is 14.0. The van der Waals surface area contributed by atoms with Crippen LogP contribution in [0, 0.1) is 17.8 Å². The van der Waals surface area contributed by atoms with Crippen molar-refractivity contribution in [3.05, 3.63) is 237 Å². The first-order chi connectivity index (χ1) is 58.4. The van der Waals surface area contributed by atoms with Crippen molar-refractivity contribution in [3.8, 4) is 23.0 Å². The lowest BCUT2D eigenvalue weighted by Gasteiger charge is -2.25. The molecule has 6 atom stereocenters. The first-order valence-electron chi connectivity index (χ1n) is 40.5. The maximum Gasteiger partial charge on any atom is 0.328 e. The van der Waals surface area contributed by atoms with Crippen molar-refractivity contribution in [2.75, 3.05) is 81.5 Å². The molecule has 4 aliphatic rings. The Bertz CT molecular complexity index is 4460. The molecule has 121 heavy (non-hydrogen) atoms. The van der Waals surface area contributed by atoms with E-state index in [0.717, 1.165) is 47.9 Å². The Morgan fingerprint density at radius 1 is 0.455 bits per heavy atom. The van der Waals surface area contributed by atoms with E-state index in [1.54, 1.807) is 98.6 Å². The van der Waals surface area contributed by atoms with Crippen molar-refractivity contribution in [1.82, 2.24) is 30.7 Å². The molecule has 0 saturated carbocycles. The van der Waals surface area contributed by atoms with E-state index in [2.05, 4.69) is 16.0 Å². The molecule has 3 heterocycles. The number of halogens is 2. The summed E-state index contributed by atoms with van der Waals surface area (Å²) in [4.78, 5) is 162. The Balaban J connectivity index is 0.000000226. The molecule has 6 amide bonds. The molecule has 0 aromatic heterocycles. The second kappa shape index (κ2) is 49.6. The summed E-state index contributed by atoms with van der Waals surface area (Å²) in [6.45, 7) is 6.21. The van der Waals surface area contributed by atoms with E-state index < -0.39 is 71.5 Å². The number of rotatable bonds is 14. The third kappa shape index (κ3) is 30.7. The van der Waals surface area contributed by atoms with Crippen LogP contribution in [0.2, 0.25) is 10.0 Å². The SMILES string of the molecule is COC(=O)[C@@H]1CCC(=O)N(CCc2ccccc2)CCCCOC2=CCCC=C2C(=O)C[C@H](Cc2ccccc2)C(=O)N1.COC(=O)[C@@H]1CCC(=O)N(Cc2ccc(OC)cc2)C/C=C/COc2cc(Cl)ccc2C(=O)C[C@H](C)C(=O)N1.COC(=O)[C@@H]1CCC(=O)N(Cc2ccc(OC)cc2)C/C=C\COc2cc(Cl)ccc2C(=O)C[C@H](C)C(=O)N1. The van der Waals surface area contributed by atoms with Gasteiger partial charge in [-0.2, -0.15) is 0 Å². The summed E-state index contributed by atoms with van der Waals surface area (Å²) >= 11 is 12.3. The van der Waals surface area contributed by atoms with Crippen LogP contribution in [0.5, 0.6) is 23.0 Å². The molecule has 0 unspecified atom stereocenters. The second-order valence-corrected chi connectivity index (χ2v) is 30.3. The number of ketones is 3. The van der Waals surface area contributed by atoms with Gasteiger partial charge in [0.1, 0.15) is 60.1 Å². The van der Waals surface area contributed by atoms with Crippen molar-refractivity contribution in [1.29, 1.82) is 0 Å². The molecule has 0 spiro atoms. The topological polar surface area (TPSA) is 324 Å². The zero-order valence-corrected chi connectivity index (χ0v) is 71.0. The molecule has 26 nitrogen and oxygen atoms in total. The fourth-order valence-electron chi connectivity index (χ4n) is 13.6. The fraction of sp³-hybridized carbons (Fsp3) is 0.398. The van der Waals surface area contributed by atoms with Gasteiger partial charge in [0.05, 0.1) is 58.9 Å². The number of hydrogen-bond acceptors (Lipinski definition) is 20. The molecule has 1 aliphatic carbocycles. The first kappa shape index (κ1) is 94.6. The summed E-state index contributed by atoms with van der Waals surface area (Å²) in [6.07, 6.45) is 15.0. The van der Waals surface area contributed by atoms with Gasteiger partial charge in [0.2, 0.25) is 35.4 Å². The molecule has 28 heteroatoms. The quantitative estimate of drug-likeness (QED) is 0.0518. The zero-order chi connectivity index (χ0) is 87.2. The van der Waals surface area contributed by atoms with E-state index in [9.17, 15) is 57.5 Å². The van der Waals surface area contributed by atoms with Gasteiger partial charge < -0.3 is 68.5 Å². The molecular weight excluding hydrogens is 1590 g/mol. The monoisotopic (exact) mass is 1700 g/mol. The van der Waals surface area contributed by atoms with Crippen LogP contribution in [0.4, 0.5) is 0 Å². The summed E-state index contributed by atoms with van der Waals surface area (Å²) < 4.78 is 42.9. The van der Waals surface area contributed by atoms with Crippen LogP contribution in [0.25, 0.3) is 0 Å². The molecule has 10 rings (SSSR count). The second-order valence-electron chi connectivity index (χ2n) is 29.5. The molecule has 3 N–H and O–H groups in total. The van der Waals surface area contributed by atoms with Gasteiger partial charge >= 0.3 is 17.9 Å². The van der Waals surface area contributed by atoms with Crippen molar-refractivity contribution in [2.45, 2.75) is 141 Å². The van der Waals surface area contributed by atoms with Gasteiger partial charge in [0.25, 0.3) is 0 Å². The number of carbonyl (C=O) groups excluding carboxylic acids is 12. The van der Waals surface area contributed by atoms with E-state index >= 15 is 0 Å². The predicted octanol–water partition coefficient (Wildman–Crippen LogP) is 12.7. The first-order valence-corrected chi connectivity index (χ1v) is 41.2. The number of fused-ring (bicyclic) bond motifs is 3. The minimum absolute atomic E-state index is 0.00219. The summed E-state index contributed by atoms with van der Waals surface area (Å²) in [5.41, 5.74) is 4.95. The van der Waals surface area contributed by atoms with Crippen molar-refractivity contribution in [3.63, 3.8) is 0 Å². The highest BCUT2D eigenvalue weighted by Crippen LogP contribution is 2.31. The highest BCUT2D eigenvalue weighted by atomic mass is 35.5. The zero-order valence-electron chi connectivity index (χ0n) is 69.5. The lowest BCUT2D eigenvalue weighted by molar-refractivity contribution is -0.146. The molecule has 3 aliphatic heterocycles. The molecule has 0 radical (unpaired) electrons. The number of nitrogens with zero attached hydrogens (tertiary/aromatic N) is 3. The van der Waals surface area contributed by atoms with E-state index in [1.165, 1.54) is 21.3 Å². The summed E-state index contributed by atoms with van der Waals surface area (Å²) in [6, 6.07) is 40.6. The Hall–Kier alpha value is -11.9. The Labute approximate surface area is 716 Å². The average molecular weight is 1700 g/mol. The average Bonchev–Trinajstić information content (AvgIpc) is 1.83. The van der Waals surface area contributed by atoms with E-state index in [4.69, 9.17) is 61.1 Å². The van der Waals surface area contributed by atoms with Crippen molar-refractivity contribution in [2.24, 2.45) is 17.8 Å². The smallest absolute Gasteiger partial charge is 0.328 e. The third-order valence-electron chi connectivity index (χ3n) is 20.6. The number of nitrogens with one attached hydrogen (secondary N) is 3. The van der Waals surface area contributed by atoms with Crippen LogP contribution in [0.3, 0.4) is 0 Å². The predicted molar refractivity (Wildman–Crippen MR) is 455 cm³/mol. The van der Waals surface area contributed by atoms with Crippen LogP contribution < -0.4 is 34.9 Å². The standard InChI is InChI=1S/C35H42N2O6.2C29H33ClN2O7/c1-42-35(41)30-18-19-33(39)37(22-20-26-12-4-2-5-13-26)21-10-11-23-43-32-17-9-8-16-29(32)31(38)25-28(34(40)36-30)24-27-14-6-3-7-15-27;2*1-19-16-25(33)23-11-8-21(30)17-26(23)39-15-5-4-14-32(18-20-6-9-22(37-2)10-7-20)27(34)13-12-24(29(36)38-3)31-28(19)35/h2-7,12-17,28,30H,8-11,18-25H2,1H3,(H,36,40);2*4-11,17,19,24H,12-16,18H2,1-3H3,(H,31,35)/b;5-4+;5-4-/t28-,30-;2*19-,24-/m000/s1. The number of ether oxygens (including phenoxy) is 8. The summed E-state index contributed by atoms with van der Waals surface area (Å²) in [5.74, 6) is -4.26. The summed E-state index contributed by atoms with van der Waals surface area (Å²) in [7, 11) is 6.86. The maximum absolute atomic E-state index is 13.7. The minimum atomic E-state index is -1.03. The minimum Gasteiger partial charge on any atom is -0.497 e. The number of amides is 6. The van der Waals surface area contributed by atoms with Gasteiger partial charge in [0.15, 0.2) is 17.3 Å². The maximum atomic E-state index is 13.7. The van der Waals surface area contributed by atoms with Gasteiger partial charge in [-0.25, -0.2) is 14.4 Å². The lowest BCUT2D eigenvalue weighted by atomic mass is 9.89. The van der Waals surface area contributed by atoms with Gasteiger partial charge in [-0.15, -0.1) is 0 Å².